The van der Waals surface area contributed by atoms with Crippen LogP contribution in [0.3, 0.4) is 0 Å². The molecule has 4 atom stereocenters. The number of anilines is 1. The number of amides is 2. The highest BCUT2D eigenvalue weighted by Crippen LogP contribution is 2.57. The molecule has 1 aromatic rings. The quantitative estimate of drug-likeness (QED) is 0.619. The zero-order chi connectivity index (χ0) is 15.4. The van der Waals surface area contributed by atoms with Crippen molar-refractivity contribution >= 4 is 17.5 Å². The molecule has 0 spiro atoms. The summed E-state index contributed by atoms with van der Waals surface area (Å²) in [5.74, 6) is -0.197. The van der Waals surface area contributed by atoms with E-state index >= 15 is 0 Å². The van der Waals surface area contributed by atoms with Gasteiger partial charge in [0.05, 0.1) is 17.5 Å². The van der Waals surface area contributed by atoms with Crippen molar-refractivity contribution in [3.63, 3.8) is 0 Å². The van der Waals surface area contributed by atoms with E-state index in [2.05, 4.69) is 26.0 Å². The van der Waals surface area contributed by atoms with Crippen LogP contribution in [0.4, 0.5) is 5.69 Å². The van der Waals surface area contributed by atoms with Gasteiger partial charge in [0.25, 0.3) is 0 Å². The fourth-order valence-electron chi connectivity index (χ4n) is 4.37. The maximum atomic E-state index is 12.9. The molecule has 3 heteroatoms. The van der Waals surface area contributed by atoms with Crippen LogP contribution in [0.1, 0.15) is 20.3 Å². The molecule has 0 N–H and O–H groups in total. The Morgan fingerprint density at radius 2 is 1.55 bits per heavy atom. The monoisotopic (exact) mass is 293 g/mol. The average molecular weight is 293 g/mol. The number of imide groups is 1. The Balaban J connectivity index is 1.77. The van der Waals surface area contributed by atoms with Crippen LogP contribution in [0.5, 0.6) is 0 Å². The molecule has 1 heterocycles. The zero-order valence-corrected chi connectivity index (χ0v) is 12.8. The maximum absolute atomic E-state index is 12.9. The molecular weight excluding hydrogens is 274 g/mol. The molecule has 2 aliphatic carbocycles. The fourth-order valence-corrected chi connectivity index (χ4v) is 4.37. The standard InChI is InChI=1S/C19H19NO2/c1-3-11(2)15-13-9-10-14(15)17-16(13)18(21)20(19(17)22)12-7-5-4-6-8-12/h4-10,13-14,16-17H,3H2,1-2H3/t13-,14-,16+,17+/m1/s1. The first-order valence-electron chi connectivity index (χ1n) is 7.96. The van der Waals surface area contributed by atoms with Crippen molar-refractivity contribution in [2.75, 3.05) is 4.90 Å². The molecule has 1 aromatic carbocycles. The second-order valence-corrected chi connectivity index (χ2v) is 6.42. The first-order chi connectivity index (χ1) is 10.6. The van der Waals surface area contributed by atoms with Crippen LogP contribution in [0.15, 0.2) is 53.6 Å². The van der Waals surface area contributed by atoms with Crippen LogP contribution in [-0.4, -0.2) is 11.8 Å². The van der Waals surface area contributed by atoms with Crippen molar-refractivity contribution in [3.8, 4) is 0 Å². The first kappa shape index (κ1) is 13.5. The van der Waals surface area contributed by atoms with E-state index in [0.717, 1.165) is 6.42 Å². The lowest BCUT2D eigenvalue weighted by molar-refractivity contribution is -0.122. The number of benzene rings is 1. The largest absolute Gasteiger partial charge is 0.274 e. The number of carbonyl (C=O) groups is 2. The van der Waals surface area contributed by atoms with E-state index in [9.17, 15) is 9.59 Å². The minimum absolute atomic E-state index is 0.0283. The maximum Gasteiger partial charge on any atom is 0.238 e. The van der Waals surface area contributed by atoms with Crippen LogP contribution in [0, 0.1) is 23.7 Å². The molecule has 2 fully saturated rings. The van der Waals surface area contributed by atoms with Crippen LogP contribution < -0.4 is 4.90 Å². The number of fused-ring (bicyclic) bond motifs is 5. The summed E-state index contributed by atoms with van der Waals surface area (Å²) in [6.45, 7) is 4.27. The molecule has 4 rings (SSSR count). The van der Waals surface area contributed by atoms with Crippen molar-refractivity contribution in [3.05, 3.63) is 53.6 Å². The minimum atomic E-state index is -0.195. The lowest BCUT2D eigenvalue weighted by Crippen LogP contribution is -2.33. The van der Waals surface area contributed by atoms with Crippen molar-refractivity contribution < 1.29 is 9.59 Å². The number of carbonyl (C=O) groups excluding carboxylic acids is 2. The molecule has 1 aliphatic heterocycles. The van der Waals surface area contributed by atoms with Gasteiger partial charge in [0.2, 0.25) is 11.8 Å². The van der Waals surface area contributed by atoms with E-state index in [-0.39, 0.29) is 35.5 Å². The SMILES string of the molecule is CCC(C)=C1[C@H]2C=C[C@H]1[C@@H]1C(=O)N(c3ccccc3)C(=O)[C@H]12. The van der Waals surface area contributed by atoms with Crippen molar-refractivity contribution in [2.24, 2.45) is 23.7 Å². The average Bonchev–Trinajstić information content (AvgIpc) is 3.17. The molecule has 0 unspecified atom stereocenters. The van der Waals surface area contributed by atoms with Gasteiger partial charge in [-0.05, 0) is 25.5 Å². The predicted octanol–water partition coefficient (Wildman–Crippen LogP) is 3.33. The van der Waals surface area contributed by atoms with Gasteiger partial charge in [0, 0.05) is 11.8 Å². The van der Waals surface area contributed by atoms with Crippen LogP contribution in [-0.2, 0) is 9.59 Å². The van der Waals surface area contributed by atoms with Crippen LogP contribution in [0.25, 0.3) is 0 Å². The smallest absolute Gasteiger partial charge is 0.238 e. The number of para-hydroxylation sites is 1. The van der Waals surface area contributed by atoms with Gasteiger partial charge in [0.15, 0.2) is 0 Å². The highest BCUT2D eigenvalue weighted by Gasteiger charge is 2.61. The summed E-state index contributed by atoms with van der Waals surface area (Å²) in [4.78, 5) is 27.2. The van der Waals surface area contributed by atoms with Crippen molar-refractivity contribution in [1.29, 1.82) is 0 Å². The van der Waals surface area contributed by atoms with E-state index < -0.39 is 0 Å². The summed E-state index contributed by atoms with van der Waals surface area (Å²) >= 11 is 0. The molecule has 1 saturated carbocycles. The summed E-state index contributed by atoms with van der Waals surface area (Å²) in [7, 11) is 0. The first-order valence-corrected chi connectivity index (χ1v) is 7.96. The van der Waals surface area contributed by atoms with Gasteiger partial charge in [-0.2, -0.15) is 0 Å². The number of allylic oxidation sites excluding steroid dienone is 4. The zero-order valence-electron chi connectivity index (χ0n) is 12.8. The van der Waals surface area contributed by atoms with Gasteiger partial charge in [0.1, 0.15) is 0 Å². The fraction of sp³-hybridized carbons (Fsp3) is 0.368. The van der Waals surface area contributed by atoms with E-state index in [0.29, 0.717) is 5.69 Å². The lowest BCUT2D eigenvalue weighted by atomic mass is 9.85. The van der Waals surface area contributed by atoms with Crippen molar-refractivity contribution in [2.45, 2.75) is 20.3 Å². The van der Waals surface area contributed by atoms with Gasteiger partial charge in [-0.25, -0.2) is 4.90 Å². The van der Waals surface area contributed by atoms with E-state index in [1.807, 2.05) is 30.3 Å². The molecular formula is C19H19NO2. The van der Waals surface area contributed by atoms with Gasteiger partial charge in [-0.3, -0.25) is 9.59 Å². The van der Waals surface area contributed by atoms with Gasteiger partial charge in [-0.1, -0.05) is 48.4 Å². The van der Waals surface area contributed by atoms with E-state index in [4.69, 9.17) is 0 Å². The number of hydrogen-bond acceptors (Lipinski definition) is 2. The molecule has 2 bridgehead atoms. The molecule has 2 amide bonds. The third kappa shape index (κ3) is 1.57. The summed E-state index contributed by atoms with van der Waals surface area (Å²) in [5.41, 5.74) is 3.36. The summed E-state index contributed by atoms with van der Waals surface area (Å²) in [6, 6.07) is 9.29. The summed E-state index contributed by atoms with van der Waals surface area (Å²) in [5, 5.41) is 0. The van der Waals surface area contributed by atoms with Crippen LogP contribution in [0.2, 0.25) is 0 Å². The Kier molecular flexibility index (Phi) is 2.86. The van der Waals surface area contributed by atoms with Gasteiger partial charge >= 0.3 is 0 Å². The number of rotatable bonds is 2. The second-order valence-electron chi connectivity index (χ2n) is 6.42. The van der Waals surface area contributed by atoms with Crippen LogP contribution >= 0.6 is 0 Å². The molecule has 0 aromatic heterocycles. The molecule has 1 saturated heterocycles. The summed E-state index contributed by atoms with van der Waals surface area (Å²) in [6.07, 6.45) is 5.26. The Morgan fingerprint density at radius 3 is 2.05 bits per heavy atom. The number of hydrogen-bond donors (Lipinski definition) is 0. The van der Waals surface area contributed by atoms with Gasteiger partial charge in [-0.15, -0.1) is 0 Å². The Bertz CT molecular complexity index is 682. The predicted molar refractivity (Wildman–Crippen MR) is 85.0 cm³/mol. The summed E-state index contributed by atoms with van der Waals surface area (Å²) < 4.78 is 0. The highest BCUT2D eigenvalue weighted by atomic mass is 16.2. The lowest BCUT2D eigenvalue weighted by Gasteiger charge is -2.19. The Morgan fingerprint density at radius 1 is 1.00 bits per heavy atom. The van der Waals surface area contributed by atoms with Crippen molar-refractivity contribution in [1.82, 2.24) is 0 Å². The molecule has 3 nitrogen and oxygen atoms in total. The molecule has 3 aliphatic rings. The van der Waals surface area contributed by atoms with E-state index in [1.165, 1.54) is 16.0 Å². The minimum Gasteiger partial charge on any atom is -0.274 e. The van der Waals surface area contributed by atoms with E-state index in [1.54, 1.807) is 0 Å². The third-order valence-corrected chi connectivity index (χ3v) is 5.45. The number of nitrogens with zero attached hydrogens (tertiary/aromatic N) is 1. The molecule has 0 radical (unpaired) electrons. The second kappa shape index (κ2) is 4.67. The highest BCUT2D eigenvalue weighted by molar-refractivity contribution is 6.23. The topological polar surface area (TPSA) is 37.4 Å². The normalized spacial score (nSPS) is 32.1. The molecule has 112 valence electrons. The Hall–Kier alpha value is -2.16. The molecule has 22 heavy (non-hydrogen) atoms. The third-order valence-electron chi connectivity index (χ3n) is 5.45. The van der Waals surface area contributed by atoms with Gasteiger partial charge < -0.3 is 0 Å². The Labute approximate surface area is 130 Å².